The van der Waals surface area contributed by atoms with E-state index in [2.05, 4.69) is 58.3 Å². The van der Waals surface area contributed by atoms with Gasteiger partial charge in [0.1, 0.15) is 5.83 Å². The van der Waals surface area contributed by atoms with Crippen LogP contribution >= 0.6 is 22.6 Å². The normalized spacial score (nSPS) is 16.8. The smallest absolute Gasteiger partial charge is 0.250 e. The number of hydrogen-bond acceptors (Lipinski definition) is 7. The molecule has 1 aromatic heterocycles. The van der Waals surface area contributed by atoms with Gasteiger partial charge in [-0.2, -0.15) is 20.1 Å². The number of hydrogen-bond donors (Lipinski definition) is 2. The zero-order valence-corrected chi connectivity index (χ0v) is 19.3. The Kier molecular flexibility index (Phi) is 7.44. The summed E-state index contributed by atoms with van der Waals surface area (Å²) in [7, 11) is 0. The van der Waals surface area contributed by atoms with Crippen LogP contribution in [0.4, 0.5) is 22.2 Å². The van der Waals surface area contributed by atoms with E-state index in [1.807, 2.05) is 24.3 Å². The maximum atomic E-state index is 13.5. The summed E-state index contributed by atoms with van der Waals surface area (Å²) >= 11 is 2.27. The van der Waals surface area contributed by atoms with Crippen molar-refractivity contribution in [2.45, 2.75) is 32.1 Å². The molecule has 1 saturated heterocycles. The van der Waals surface area contributed by atoms with Gasteiger partial charge in [0.05, 0.1) is 6.21 Å². The molecule has 2 N–H and O–H groups in total. The average Bonchev–Trinajstić information content (AvgIpc) is 2.78. The van der Waals surface area contributed by atoms with Crippen molar-refractivity contribution in [1.82, 2.24) is 15.0 Å². The Hall–Kier alpha value is -2.56. The molecule has 0 saturated carbocycles. The summed E-state index contributed by atoms with van der Waals surface area (Å²) in [6, 6.07) is 8.04. The predicted octanol–water partition coefficient (Wildman–Crippen LogP) is 4.90. The number of halogens is 2. The van der Waals surface area contributed by atoms with E-state index < -0.39 is 0 Å². The van der Waals surface area contributed by atoms with Gasteiger partial charge in [-0.25, -0.2) is 9.82 Å². The Morgan fingerprint density at radius 1 is 1.13 bits per heavy atom. The number of allylic oxidation sites excluding steroid dienone is 3. The van der Waals surface area contributed by atoms with Gasteiger partial charge in [-0.05, 0) is 90.1 Å². The highest BCUT2D eigenvalue weighted by atomic mass is 127. The molecule has 2 heterocycles. The van der Waals surface area contributed by atoms with Crippen LogP contribution in [0, 0.1) is 3.57 Å². The van der Waals surface area contributed by atoms with Crippen molar-refractivity contribution in [2.24, 2.45) is 5.10 Å². The summed E-state index contributed by atoms with van der Waals surface area (Å²) in [6.45, 7) is 2.35. The first kappa shape index (κ1) is 21.7. The highest BCUT2D eigenvalue weighted by molar-refractivity contribution is 14.1. The number of anilines is 3. The lowest BCUT2D eigenvalue weighted by molar-refractivity contribution is 0.568. The number of hydrazone groups is 1. The number of piperidine rings is 1. The SMILES string of the molecule is FC1=CCCC(CNc2nc(N/N=C/c3cccc(I)c3)nc(N3CCCCC3)n2)=C1. The maximum absolute atomic E-state index is 13.5. The van der Waals surface area contributed by atoms with Crippen molar-refractivity contribution in [1.29, 1.82) is 0 Å². The molecule has 2 aromatic rings. The standard InChI is InChI=1S/C22H25FIN7/c23-18-8-4-6-16(12-18)14-25-20-27-21(29-22(28-20)31-10-2-1-3-11-31)30-26-15-17-7-5-9-19(24)13-17/h5,7-9,12-13,15H,1-4,6,10-11,14H2,(H2,25,27,28,29,30)/b26-15+. The molecule has 0 radical (unpaired) electrons. The van der Waals surface area contributed by atoms with E-state index in [-0.39, 0.29) is 5.83 Å². The first-order chi connectivity index (χ1) is 15.2. The van der Waals surface area contributed by atoms with Gasteiger partial charge in [-0.15, -0.1) is 0 Å². The average molecular weight is 533 g/mol. The number of rotatable bonds is 7. The minimum Gasteiger partial charge on any atom is -0.350 e. The second-order valence-electron chi connectivity index (χ2n) is 7.54. The molecular weight excluding hydrogens is 508 g/mol. The van der Waals surface area contributed by atoms with Gasteiger partial charge in [-0.3, -0.25) is 0 Å². The molecule has 1 aliphatic heterocycles. The molecule has 2 aliphatic rings. The molecule has 9 heteroatoms. The van der Waals surface area contributed by atoms with Gasteiger partial charge in [0.25, 0.3) is 0 Å². The third kappa shape index (κ3) is 6.46. The summed E-state index contributed by atoms with van der Waals surface area (Å²) in [5.41, 5.74) is 4.91. The van der Waals surface area contributed by atoms with Crippen molar-refractivity contribution in [3.8, 4) is 0 Å². The van der Waals surface area contributed by atoms with E-state index in [9.17, 15) is 4.39 Å². The lowest BCUT2D eigenvalue weighted by Crippen LogP contribution is -2.31. The molecule has 0 spiro atoms. The number of benzene rings is 1. The van der Waals surface area contributed by atoms with Gasteiger partial charge >= 0.3 is 0 Å². The van der Waals surface area contributed by atoms with E-state index >= 15 is 0 Å². The summed E-state index contributed by atoms with van der Waals surface area (Å²) in [5, 5.41) is 7.52. The Morgan fingerprint density at radius 3 is 2.77 bits per heavy atom. The zero-order valence-electron chi connectivity index (χ0n) is 17.2. The Bertz CT molecular complexity index is 999. The first-order valence-corrected chi connectivity index (χ1v) is 11.6. The van der Waals surface area contributed by atoms with Crippen molar-refractivity contribution in [3.63, 3.8) is 0 Å². The molecule has 0 bridgehead atoms. The fraction of sp³-hybridized carbons (Fsp3) is 0.364. The van der Waals surface area contributed by atoms with Crippen LogP contribution in [0.25, 0.3) is 0 Å². The molecule has 31 heavy (non-hydrogen) atoms. The van der Waals surface area contributed by atoms with Crippen LogP contribution in [0.3, 0.4) is 0 Å². The second-order valence-corrected chi connectivity index (χ2v) is 8.78. The van der Waals surface area contributed by atoms with Crippen LogP contribution in [0.15, 0.2) is 52.9 Å². The minimum absolute atomic E-state index is 0.181. The van der Waals surface area contributed by atoms with Crippen LogP contribution in [-0.2, 0) is 0 Å². The lowest BCUT2D eigenvalue weighted by Gasteiger charge is -2.27. The second kappa shape index (κ2) is 10.7. The molecular formula is C22H25FIN7. The fourth-order valence-electron chi connectivity index (χ4n) is 3.53. The van der Waals surface area contributed by atoms with E-state index in [4.69, 9.17) is 0 Å². The van der Waals surface area contributed by atoms with Crippen LogP contribution in [0.1, 0.15) is 37.7 Å². The fourth-order valence-corrected chi connectivity index (χ4v) is 4.10. The number of nitrogens with zero attached hydrogens (tertiary/aromatic N) is 5. The molecule has 1 fully saturated rings. The van der Waals surface area contributed by atoms with Crippen LogP contribution in [0.5, 0.6) is 0 Å². The maximum Gasteiger partial charge on any atom is 0.250 e. The molecule has 0 unspecified atom stereocenters. The number of aromatic nitrogens is 3. The molecule has 0 atom stereocenters. The molecule has 1 aliphatic carbocycles. The van der Waals surface area contributed by atoms with E-state index in [0.717, 1.165) is 53.5 Å². The monoisotopic (exact) mass is 533 g/mol. The van der Waals surface area contributed by atoms with Gasteiger partial charge in [0.2, 0.25) is 17.8 Å². The molecule has 0 amide bonds. The van der Waals surface area contributed by atoms with Crippen molar-refractivity contribution < 1.29 is 4.39 Å². The third-order valence-corrected chi connectivity index (χ3v) is 5.78. The third-order valence-electron chi connectivity index (χ3n) is 5.11. The summed E-state index contributed by atoms with van der Waals surface area (Å²) in [6.07, 6.45) is 9.95. The van der Waals surface area contributed by atoms with Gasteiger partial charge in [0.15, 0.2) is 0 Å². The van der Waals surface area contributed by atoms with Crippen molar-refractivity contribution >= 4 is 46.7 Å². The quantitative estimate of drug-likeness (QED) is 0.300. The lowest BCUT2D eigenvalue weighted by atomic mass is 10.0. The highest BCUT2D eigenvalue weighted by Gasteiger charge is 2.16. The summed E-state index contributed by atoms with van der Waals surface area (Å²) in [5.74, 6) is 1.29. The summed E-state index contributed by atoms with van der Waals surface area (Å²) < 4.78 is 14.7. The highest BCUT2D eigenvalue weighted by Crippen LogP contribution is 2.21. The van der Waals surface area contributed by atoms with E-state index in [0.29, 0.717) is 24.4 Å². The zero-order chi connectivity index (χ0) is 21.5. The first-order valence-electron chi connectivity index (χ1n) is 10.5. The Balaban J connectivity index is 1.50. The topological polar surface area (TPSA) is 78.3 Å². The van der Waals surface area contributed by atoms with Crippen LogP contribution in [-0.4, -0.2) is 40.8 Å². The molecule has 1 aromatic carbocycles. The molecule has 7 nitrogen and oxygen atoms in total. The van der Waals surface area contributed by atoms with E-state index in [1.165, 1.54) is 6.42 Å². The van der Waals surface area contributed by atoms with Crippen LogP contribution < -0.4 is 15.6 Å². The molecule has 4 rings (SSSR count). The number of nitrogens with one attached hydrogen (secondary N) is 2. The van der Waals surface area contributed by atoms with E-state index in [1.54, 1.807) is 18.4 Å². The van der Waals surface area contributed by atoms with Gasteiger partial charge in [0, 0.05) is 23.2 Å². The largest absolute Gasteiger partial charge is 0.350 e. The van der Waals surface area contributed by atoms with Gasteiger partial charge < -0.3 is 10.2 Å². The molecule has 162 valence electrons. The summed E-state index contributed by atoms with van der Waals surface area (Å²) in [4.78, 5) is 15.8. The van der Waals surface area contributed by atoms with Gasteiger partial charge in [-0.1, -0.05) is 12.1 Å². The van der Waals surface area contributed by atoms with Crippen molar-refractivity contribution in [3.05, 3.63) is 57.0 Å². The van der Waals surface area contributed by atoms with Crippen LogP contribution in [0.2, 0.25) is 0 Å². The Morgan fingerprint density at radius 2 is 1.97 bits per heavy atom. The van der Waals surface area contributed by atoms with Crippen molar-refractivity contribution in [2.75, 3.05) is 35.3 Å². The Labute approximate surface area is 195 Å². The minimum atomic E-state index is -0.181. The predicted molar refractivity (Wildman–Crippen MR) is 131 cm³/mol.